The van der Waals surface area contributed by atoms with Gasteiger partial charge >= 0.3 is 0 Å². The molecular weight excluding hydrogens is 404 g/mol. The molecule has 4 N–H and O–H groups in total. The second-order valence-corrected chi connectivity index (χ2v) is 11.2. The molecule has 0 bridgehead atoms. The molecule has 180 valence electrons. The quantitative estimate of drug-likeness (QED) is 0.434. The first-order valence-corrected chi connectivity index (χ1v) is 13.0. The van der Waals surface area contributed by atoms with Crippen molar-refractivity contribution in [3.8, 4) is 0 Å². The Morgan fingerprint density at radius 3 is 2.44 bits per heavy atom. The molecule has 8 atom stereocenters. The highest BCUT2D eigenvalue weighted by Gasteiger charge is 2.58. The smallest absolute Gasteiger partial charge is 0.240 e. The molecule has 0 aromatic heterocycles. The van der Waals surface area contributed by atoms with E-state index in [4.69, 9.17) is 0 Å². The fraction of sp³-hybridized carbons (Fsp3) is 0.957. The van der Waals surface area contributed by atoms with Crippen LogP contribution in [0.1, 0.15) is 52.4 Å². The Balaban J connectivity index is 1.23. The highest BCUT2D eigenvalue weighted by atomic mass is 16.2. The number of piperidine rings is 1. The van der Waals surface area contributed by atoms with Crippen LogP contribution in [0.5, 0.6) is 0 Å². The summed E-state index contributed by atoms with van der Waals surface area (Å²) in [6.07, 6.45) is 7.57. The summed E-state index contributed by atoms with van der Waals surface area (Å²) in [6, 6.07) is 2.38. The lowest BCUT2D eigenvalue weighted by molar-refractivity contribution is -0.137. The van der Waals surface area contributed by atoms with Crippen molar-refractivity contribution in [1.29, 1.82) is 0 Å². The van der Waals surface area contributed by atoms with Crippen LogP contribution in [0.25, 0.3) is 0 Å². The zero-order valence-corrected chi connectivity index (χ0v) is 20.1. The van der Waals surface area contributed by atoms with Gasteiger partial charge in [0, 0.05) is 43.8 Å². The Hall–Kier alpha value is -0.810. The lowest BCUT2D eigenvalue weighted by Gasteiger charge is -2.46. The third kappa shape index (κ3) is 3.61. The number of hydrogen-bond donors (Lipinski definition) is 4. The third-order valence-corrected chi connectivity index (χ3v) is 9.02. The third-order valence-electron chi connectivity index (χ3n) is 9.02. The SMILES string of the molecule is CCN1C(C(=O)N(C2CC2)C2CC2)CC2C3C(NCN3C)C(NC3CC(C)N(C)N3)NC21. The Morgan fingerprint density at radius 2 is 1.84 bits per heavy atom. The lowest BCUT2D eigenvalue weighted by atomic mass is 9.84. The van der Waals surface area contributed by atoms with E-state index in [1.165, 1.54) is 25.7 Å². The van der Waals surface area contributed by atoms with Crippen molar-refractivity contribution in [2.75, 3.05) is 27.3 Å². The van der Waals surface area contributed by atoms with Crippen molar-refractivity contribution in [2.24, 2.45) is 5.92 Å². The molecule has 0 aromatic carbocycles. The second kappa shape index (κ2) is 8.15. The van der Waals surface area contributed by atoms with E-state index in [1.54, 1.807) is 0 Å². The second-order valence-electron chi connectivity index (χ2n) is 11.2. The fourth-order valence-corrected chi connectivity index (χ4v) is 7.05. The molecule has 6 aliphatic rings. The highest BCUT2D eigenvalue weighted by Crippen LogP contribution is 2.43. The molecule has 0 radical (unpaired) electrons. The Labute approximate surface area is 192 Å². The van der Waals surface area contributed by atoms with E-state index in [-0.39, 0.29) is 24.5 Å². The molecule has 2 saturated carbocycles. The zero-order chi connectivity index (χ0) is 22.1. The van der Waals surface area contributed by atoms with Crippen LogP contribution in [0.2, 0.25) is 0 Å². The van der Waals surface area contributed by atoms with Crippen LogP contribution < -0.4 is 21.4 Å². The van der Waals surface area contributed by atoms with Crippen LogP contribution in [-0.2, 0) is 4.79 Å². The zero-order valence-electron chi connectivity index (χ0n) is 20.1. The molecule has 2 aliphatic carbocycles. The molecule has 4 saturated heterocycles. The molecule has 4 aliphatic heterocycles. The van der Waals surface area contributed by atoms with Crippen LogP contribution in [0, 0.1) is 5.92 Å². The van der Waals surface area contributed by atoms with Gasteiger partial charge in [-0.2, -0.15) is 0 Å². The number of nitrogens with one attached hydrogen (secondary N) is 4. The minimum Gasteiger partial charge on any atom is -0.335 e. The molecular formula is C23H42N8O. The summed E-state index contributed by atoms with van der Waals surface area (Å²) >= 11 is 0. The molecule has 1 amide bonds. The molecule has 8 unspecified atom stereocenters. The molecule has 9 nitrogen and oxygen atoms in total. The first-order valence-electron chi connectivity index (χ1n) is 13.0. The van der Waals surface area contributed by atoms with Crippen molar-refractivity contribution in [1.82, 2.24) is 41.1 Å². The average molecular weight is 447 g/mol. The van der Waals surface area contributed by atoms with Gasteiger partial charge in [-0.05, 0) is 59.0 Å². The summed E-state index contributed by atoms with van der Waals surface area (Å²) in [5.74, 6) is 0.876. The van der Waals surface area contributed by atoms with Crippen molar-refractivity contribution >= 4 is 5.91 Å². The summed E-state index contributed by atoms with van der Waals surface area (Å²) in [5, 5.41) is 13.8. The molecule has 9 heteroatoms. The van der Waals surface area contributed by atoms with Gasteiger partial charge in [-0.3, -0.25) is 30.5 Å². The van der Waals surface area contributed by atoms with Gasteiger partial charge in [0.15, 0.2) is 0 Å². The van der Waals surface area contributed by atoms with Crippen LogP contribution >= 0.6 is 0 Å². The van der Waals surface area contributed by atoms with Crippen LogP contribution in [-0.4, -0.2) is 108 Å². The summed E-state index contributed by atoms with van der Waals surface area (Å²) in [6.45, 7) is 6.31. The number of hydrogen-bond acceptors (Lipinski definition) is 8. The van der Waals surface area contributed by atoms with E-state index in [0.717, 1.165) is 26.1 Å². The molecule has 0 spiro atoms. The van der Waals surface area contributed by atoms with Gasteiger partial charge in [0.05, 0.1) is 30.6 Å². The van der Waals surface area contributed by atoms with Crippen molar-refractivity contribution < 1.29 is 4.79 Å². The van der Waals surface area contributed by atoms with E-state index in [0.29, 0.717) is 42.0 Å². The van der Waals surface area contributed by atoms with Crippen LogP contribution in [0.3, 0.4) is 0 Å². The lowest BCUT2D eigenvalue weighted by Crippen LogP contribution is -2.72. The summed E-state index contributed by atoms with van der Waals surface area (Å²) in [7, 11) is 4.37. The standard InChI is InChI=1S/C23H42N8O/c1-5-30-17(23(32)31(14-6-7-14)15-8-9-15)11-16-20-19(24-12-28(20)3)21(26-22(16)30)25-18-10-13(2)29(4)27-18/h13-22,24-27H,5-12H2,1-4H3. The molecule has 32 heavy (non-hydrogen) atoms. The number of fused-ring (bicyclic) bond motifs is 3. The predicted octanol–water partition coefficient (Wildman–Crippen LogP) is -0.520. The number of amides is 1. The molecule has 6 fully saturated rings. The van der Waals surface area contributed by atoms with Crippen molar-refractivity contribution in [3.63, 3.8) is 0 Å². The molecule has 6 rings (SSSR count). The fourth-order valence-electron chi connectivity index (χ4n) is 7.05. The number of carbonyl (C=O) groups is 1. The monoisotopic (exact) mass is 446 g/mol. The summed E-state index contributed by atoms with van der Waals surface area (Å²) in [5.41, 5.74) is 3.57. The Kier molecular flexibility index (Phi) is 5.53. The maximum Gasteiger partial charge on any atom is 0.240 e. The number of likely N-dealkylation sites (tertiary alicyclic amines) is 1. The van der Waals surface area contributed by atoms with Gasteiger partial charge in [-0.1, -0.05) is 6.92 Å². The maximum absolute atomic E-state index is 13.8. The van der Waals surface area contributed by atoms with Gasteiger partial charge in [-0.15, -0.1) is 0 Å². The van der Waals surface area contributed by atoms with Gasteiger partial charge < -0.3 is 4.90 Å². The van der Waals surface area contributed by atoms with E-state index < -0.39 is 0 Å². The molecule has 4 heterocycles. The Bertz CT molecular complexity index is 707. The van der Waals surface area contributed by atoms with E-state index >= 15 is 0 Å². The van der Waals surface area contributed by atoms with Crippen LogP contribution in [0.15, 0.2) is 0 Å². The molecule has 0 aromatic rings. The van der Waals surface area contributed by atoms with Gasteiger partial charge in [0.1, 0.15) is 0 Å². The number of hydrazine groups is 1. The number of rotatable bonds is 6. The normalized spacial score (nSPS) is 45.2. The van der Waals surface area contributed by atoms with E-state index in [9.17, 15) is 4.79 Å². The number of nitrogens with zero attached hydrogens (tertiary/aromatic N) is 4. The number of carbonyl (C=O) groups excluding carboxylic acids is 1. The van der Waals surface area contributed by atoms with Gasteiger partial charge in [0.2, 0.25) is 5.91 Å². The largest absolute Gasteiger partial charge is 0.335 e. The van der Waals surface area contributed by atoms with Crippen molar-refractivity contribution in [3.05, 3.63) is 0 Å². The van der Waals surface area contributed by atoms with Gasteiger partial charge in [-0.25, -0.2) is 10.4 Å². The van der Waals surface area contributed by atoms with Gasteiger partial charge in [0.25, 0.3) is 0 Å². The van der Waals surface area contributed by atoms with Crippen molar-refractivity contribution in [2.45, 2.75) is 107 Å². The summed E-state index contributed by atoms with van der Waals surface area (Å²) < 4.78 is 0. The minimum atomic E-state index is 0.0212. The predicted molar refractivity (Wildman–Crippen MR) is 123 cm³/mol. The number of likely N-dealkylation sites (N-methyl/N-ethyl adjacent to an activating group) is 2. The summed E-state index contributed by atoms with van der Waals surface area (Å²) in [4.78, 5) is 21.1. The Morgan fingerprint density at radius 1 is 1.12 bits per heavy atom. The topological polar surface area (TPSA) is 78.2 Å². The van der Waals surface area contributed by atoms with Crippen LogP contribution in [0.4, 0.5) is 0 Å². The van der Waals surface area contributed by atoms with E-state index in [2.05, 4.69) is 69.0 Å². The first-order chi connectivity index (χ1) is 15.5. The first kappa shape index (κ1) is 21.7. The minimum absolute atomic E-state index is 0.0212. The van der Waals surface area contributed by atoms with E-state index in [1.807, 2.05) is 0 Å². The average Bonchev–Trinajstić information content (AvgIpc) is 3.68. The highest BCUT2D eigenvalue weighted by molar-refractivity contribution is 5.83. The maximum atomic E-state index is 13.8.